The first kappa shape index (κ1) is 12.6. The Kier molecular flexibility index (Phi) is 3.48. The second-order valence-electron chi connectivity index (χ2n) is 3.69. The number of pyridine rings is 1. The van der Waals surface area contributed by atoms with Crippen molar-refractivity contribution in [3.63, 3.8) is 0 Å². The largest absolute Gasteiger partial charge is 0.462 e. The van der Waals surface area contributed by atoms with E-state index in [0.29, 0.717) is 11.5 Å². The van der Waals surface area contributed by atoms with Crippen LogP contribution in [0.3, 0.4) is 0 Å². The highest BCUT2D eigenvalue weighted by Gasteiger charge is 2.16. The van der Waals surface area contributed by atoms with Gasteiger partial charge in [0.1, 0.15) is 11.8 Å². The number of esters is 1. The number of rotatable bonds is 3. The van der Waals surface area contributed by atoms with E-state index in [-0.39, 0.29) is 17.9 Å². The molecule has 19 heavy (non-hydrogen) atoms. The highest BCUT2D eigenvalue weighted by Crippen LogP contribution is 2.21. The van der Waals surface area contributed by atoms with Gasteiger partial charge < -0.3 is 10.5 Å². The van der Waals surface area contributed by atoms with Gasteiger partial charge in [-0.05, 0) is 25.1 Å². The van der Waals surface area contributed by atoms with E-state index in [0.717, 1.165) is 0 Å². The fraction of sp³-hybridized carbons (Fsp3) is 0.154. The van der Waals surface area contributed by atoms with E-state index < -0.39 is 5.97 Å². The molecule has 0 bridgehead atoms. The summed E-state index contributed by atoms with van der Waals surface area (Å²) in [6, 6.07) is 6.86. The molecule has 6 nitrogen and oxygen atoms in total. The fourth-order valence-electron chi connectivity index (χ4n) is 1.70. The Morgan fingerprint density at radius 3 is 3.05 bits per heavy atom. The zero-order chi connectivity index (χ0) is 13.8. The smallest absolute Gasteiger partial charge is 0.340 e. The average Bonchev–Trinajstić information content (AvgIpc) is 2.87. The molecule has 2 aromatic heterocycles. The van der Waals surface area contributed by atoms with Crippen LogP contribution in [0.2, 0.25) is 0 Å². The fourth-order valence-corrected chi connectivity index (χ4v) is 1.70. The number of carbonyl (C=O) groups is 1. The van der Waals surface area contributed by atoms with Crippen molar-refractivity contribution in [1.82, 2.24) is 9.55 Å². The summed E-state index contributed by atoms with van der Waals surface area (Å²) in [5, 5.41) is 8.99. The Morgan fingerprint density at radius 1 is 1.58 bits per heavy atom. The molecule has 2 N–H and O–H groups in total. The number of ether oxygens (including phenoxy) is 1. The summed E-state index contributed by atoms with van der Waals surface area (Å²) in [5.41, 5.74) is 6.75. The molecule has 0 amide bonds. The maximum Gasteiger partial charge on any atom is 0.340 e. The number of anilines is 1. The lowest BCUT2D eigenvalue weighted by Gasteiger charge is -2.10. The highest BCUT2D eigenvalue weighted by atomic mass is 16.5. The van der Waals surface area contributed by atoms with Crippen molar-refractivity contribution in [1.29, 1.82) is 5.26 Å². The van der Waals surface area contributed by atoms with E-state index >= 15 is 0 Å². The summed E-state index contributed by atoms with van der Waals surface area (Å²) in [5.74, 6) is -0.165. The zero-order valence-electron chi connectivity index (χ0n) is 10.3. The van der Waals surface area contributed by atoms with Crippen LogP contribution in [0.5, 0.6) is 0 Å². The van der Waals surface area contributed by atoms with Crippen LogP contribution in [-0.4, -0.2) is 22.1 Å². The number of aromatic nitrogens is 2. The summed E-state index contributed by atoms with van der Waals surface area (Å²) < 4.78 is 6.44. The minimum atomic E-state index is -0.505. The molecule has 6 heteroatoms. The van der Waals surface area contributed by atoms with E-state index in [1.54, 1.807) is 25.3 Å². The van der Waals surface area contributed by atoms with Crippen molar-refractivity contribution in [3.8, 4) is 11.9 Å². The van der Waals surface area contributed by atoms with Crippen molar-refractivity contribution >= 4 is 11.7 Å². The Bertz CT molecular complexity index is 655. The third kappa shape index (κ3) is 2.26. The molecule has 0 aliphatic carbocycles. The van der Waals surface area contributed by atoms with Gasteiger partial charge in [-0.15, -0.1) is 0 Å². The zero-order valence-corrected chi connectivity index (χ0v) is 10.3. The predicted octanol–water partition coefficient (Wildman–Crippen LogP) is 1.50. The Labute approximate surface area is 110 Å². The maximum atomic E-state index is 11.7. The summed E-state index contributed by atoms with van der Waals surface area (Å²) >= 11 is 0. The molecular formula is C13H12N4O2. The summed E-state index contributed by atoms with van der Waals surface area (Å²) in [4.78, 5) is 15.8. The van der Waals surface area contributed by atoms with E-state index in [4.69, 9.17) is 15.7 Å². The first-order valence-electron chi connectivity index (χ1n) is 5.68. The molecule has 0 unspecified atom stereocenters. The van der Waals surface area contributed by atoms with E-state index in [1.807, 2.05) is 6.07 Å². The monoisotopic (exact) mass is 256 g/mol. The van der Waals surface area contributed by atoms with E-state index in [2.05, 4.69) is 4.98 Å². The lowest BCUT2D eigenvalue weighted by Crippen LogP contribution is -2.12. The second kappa shape index (κ2) is 5.23. The van der Waals surface area contributed by atoms with Crippen molar-refractivity contribution in [2.75, 3.05) is 12.3 Å². The van der Waals surface area contributed by atoms with Gasteiger partial charge in [-0.1, -0.05) is 0 Å². The molecule has 0 spiro atoms. The van der Waals surface area contributed by atoms with Gasteiger partial charge in [-0.3, -0.25) is 4.57 Å². The molecule has 0 radical (unpaired) electrons. The quantitative estimate of drug-likeness (QED) is 0.840. The van der Waals surface area contributed by atoms with Gasteiger partial charge in [0.15, 0.2) is 5.82 Å². The van der Waals surface area contributed by atoms with Gasteiger partial charge in [0.25, 0.3) is 0 Å². The number of nitrogen functional groups attached to an aromatic ring is 1. The SMILES string of the molecule is CCOC(=O)c1ccnc(-n2cccc2C#N)c1N. The lowest BCUT2D eigenvalue weighted by atomic mass is 10.2. The normalized spacial score (nSPS) is 9.89. The molecule has 0 aromatic carbocycles. The topological polar surface area (TPSA) is 93.9 Å². The molecule has 96 valence electrons. The van der Waals surface area contributed by atoms with Crippen LogP contribution in [-0.2, 0) is 4.74 Å². The number of nitriles is 1. The molecule has 0 saturated heterocycles. The third-order valence-electron chi connectivity index (χ3n) is 2.56. The van der Waals surface area contributed by atoms with Crippen molar-refractivity contribution in [3.05, 3.63) is 41.9 Å². The molecule has 2 heterocycles. The molecule has 0 fully saturated rings. The summed E-state index contributed by atoms with van der Waals surface area (Å²) in [6.45, 7) is 1.98. The van der Waals surface area contributed by atoms with Crippen molar-refractivity contribution < 1.29 is 9.53 Å². The third-order valence-corrected chi connectivity index (χ3v) is 2.56. The van der Waals surface area contributed by atoms with Crippen LogP contribution >= 0.6 is 0 Å². The van der Waals surface area contributed by atoms with Gasteiger partial charge in [0.05, 0.1) is 17.9 Å². The molecular weight excluding hydrogens is 244 g/mol. The van der Waals surface area contributed by atoms with Crippen LogP contribution in [0.25, 0.3) is 5.82 Å². The van der Waals surface area contributed by atoms with Gasteiger partial charge in [-0.25, -0.2) is 9.78 Å². The van der Waals surface area contributed by atoms with Gasteiger partial charge in [0, 0.05) is 12.4 Å². The minimum Gasteiger partial charge on any atom is -0.462 e. The van der Waals surface area contributed by atoms with Crippen molar-refractivity contribution in [2.24, 2.45) is 0 Å². The summed E-state index contributed by atoms with van der Waals surface area (Å²) in [7, 11) is 0. The standard InChI is InChI=1S/C13H12N4O2/c1-2-19-13(18)10-5-6-16-12(11(10)15)17-7-3-4-9(17)8-14/h3-7H,2,15H2,1H3. The van der Waals surface area contributed by atoms with Crippen LogP contribution in [0, 0.1) is 11.3 Å². The number of nitrogens with zero attached hydrogens (tertiary/aromatic N) is 3. The number of hydrogen-bond acceptors (Lipinski definition) is 5. The van der Waals surface area contributed by atoms with Gasteiger partial charge in [0.2, 0.25) is 0 Å². The molecule has 0 saturated carbocycles. The van der Waals surface area contributed by atoms with E-state index in [1.165, 1.54) is 16.8 Å². The number of hydrogen-bond donors (Lipinski definition) is 1. The Hall–Kier alpha value is -2.81. The average molecular weight is 256 g/mol. The molecule has 2 rings (SSSR count). The van der Waals surface area contributed by atoms with Crippen LogP contribution < -0.4 is 5.73 Å². The van der Waals surface area contributed by atoms with Crippen LogP contribution in [0.4, 0.5) is 5.69 Å². The molecule has 0 aliphatic heterocycles. The van der Waals surface area contributed by atoms with Crippen molar-refractivity contribution in [2.45, 2.75) is 6.92 Å². The lowest BCUT2D eigenvalue weighted by molar-refractivity contribution is 0.0527. The molecule has 2 aromatic rings. The molecule has 0 atom stereocenters. The highest BCUT2D eigenvalue weighted by molar-refractivity contribution is 5.96. The van der Waals surface area contributed by atoms with Crippen LogP contribution in [0.15, 0.2) is 30.6 Å². The maximum absolute atomic E-state index is 11.7. The minimum absolute atomic E-state index is 0.189. The Morgan fingerprint density at radius 2 is 2.37 bits per heavy atom. The Balaban J connectivity index is 2.52. The first-order chi connectivity index (χ1) is 9.19. The van der Waals surface area contributed by atoms with Gasteiger partial charge in [-0.2, -0.15) is 5.26 Å². The summed E-state index contributed by atoms with van der Waals surface area (Å²) in [6.07, 6.45) is 3.12. The number of carbonyl (C=O) groups excluding carboxylic acids is 1. The van der Waals surface area contributed by atoms with Gasteiger partial charge >= 0.3 is 5.97 Å². The first-order valence-corrected chi connectivity index (χ1v) is 5.68. The molecule has 0 aliphatic rings. The van der Waals surface area contributed by atoms with Crippen LogP contribution in [0.1, 0.15) is 23.0 Å². The number of nitrogens with two attached hydrogens (primary N) is 1. The predicted molar refractivity (Wildman–Crippen MR) is 68.6 cm³/mol. The van der Waals surface area contributed by atoms with E-state index in [9.17, 15) is 4.79 Å². The second-order valence-corrected chi connectivity index (χ2v) is 3.69.